The lowest BCUT2D eigenvalue weighted by Crippen LogP contribution is -2.20. The third kappa shape index (κ3) is 5.25. The summed E-state index contributed by atoms with van der Waals surface area (Å²) >= 11 is 0. The van der Waals surface area contributed by atoms with Crippen molar-refractivity contribution in [2.75, 3.05) is 0 Å². The summed E-state index contributed by atoms with van der Waals surface area (Å²) in [5.41, 5.74) is 18.5. The summed E-state index contributed by atoms with van der Waals surface area (Å²) in [6.07, 6.45) is 13.9. The molecule has 316 valence electrons. The lowest BCUT2D eigenvalue weighted by atomic mass is 9.73. The van der Waals surface area contributed by atoms with Gasteiger partial charge in [-0.25, -0.2) is 4.98 Å². The van der Waals surface area contributed by atoms with Gasteiger partial charge in [-0.1, -0.05) is 171 Å². The first-order chi connectivity index (χ1) is 32.4. The summed E-state index contributed by atoms with van der Waals surface area (Å²) in [6, 6.07) is 52.6. The lowest BCUT2D eigenvalue weighted by Gasteiger charge is -2.30. The van der Waals surface area contributed by atoms with Gasteiger partial charge >= 0.3 is 0 Å². The lowest BCUT2D eigenvalue weighted by molar-refractivity contribution is 0.608. The average Bonchev–Trinajstić information content (AvgIpc) is 3.97. The number of allylic oxidation sites excluding steroid dienone is 4. The van der Waals surface area contributed by atoms with Crippen LogP contribution in [0.2, 0.25) is 0 Å². The second-order valence-corrected chi connectivity index (χ2v) is 19.4. The molecule has 0 bridgehead atoms. The molecule has 66 heavy (non-hydrogen) atoms. The van der Waals surface area contributed by atoms with E-state index in [4.69, 9.17) is 15.0 Å². The first-order valence-corrected chi connectivity index (χ1v) is 23.6. The first kappa shape index (κ1) is 37.7. The summed E-state index contributed by atoms with van der Waals surface area (Å²) in [5.74, 6) is 2.29. The van der Waals surface area contributed by atoms with Crippen molar-refractivity contribution in [3.05, 3.63) is 208 Å². The Labute approximate surface area is 384 Å². The van der Waals surface area contributed by atoms with E-state index in [0.717, 1.165) is 48.0 Å². The minimum atomic E-state index is -0.135. The molecule has 4 aliphatic carbocycles. The molecule has 0 saturated carbocycles. The Bertz CT molecular complexity index is 3740. The van der Waals surface area contributed by atoms with Crippen molar-refractivity contribution in [3.63, 3.8) is 0 Å². The molecular weight excluding hydrogens is 803 g/mol. The Balaban J connectivity index is 0.938. The van der Waals surface area contributed by atoms with Crippen LogP contribution in [0.3, 0.4) is 0 Å². The molecule has 0 spiro atoms. The smallest absolute Gasteiger partial charge is 0.238 e. The molecular formula is C61H47N5. The third-order valence-electron chi connectivity index (χ3n) is 15.5. The maximum atomic E-state index is 5.22. The predicted octanol–water partition coefficient (Wildman–Crippen LogP) is 14.6. The second-order valence-electron chi connectivity index (χ2n) is 19.4. The number of aryl methyl sites for hydroxylation is 1. The van der Waals surface area contributed by atoms with E-state index in [1.54, 1.807) is 5.57 Å². The van der Waals surface area contributed by atoms with Gasteiger partial charge in [0.2, 0.25) is 5.95 Å². The van der Waals surface area contributed by atoms with E-state index in [1.807, 2.05) is 36.4 Å². The molecule has 0 amide bonds. The monoisotopic (exact) mass is 849 g/mol. The number of para-hydroxylation sites is 1. The topological polar surface area (TPSA) is 48.5 Å². The van der Waals surface area contributed by atoms with Gasteiger partial charge in [0.15, 0.2) is 11.6 Å². The molecule has 3 heterocycles. The summed E-state index contributed by atoms with van der Waals surface area (Å²) in [6.45, 7) is 7.36. The molecule has 14 rings (SSSR count). The minimum absolute atomic E-state index is 0.119. The Hall–Kier alpha value is -7.63. The number of hydrogen-bond acceptors (Lipinski definition) is 3. The van der Waals surface area contributed by atoms with Crippen LogP contribution >= 0.6 is 0 Å². The average molecular weight is 850 g/mol. The fraction of sp³-hybridized carbons (Fsp3) is 0.164. The second kappa shape index (κ2) is 13.9. The summed E-state index contributed by atoms with van der Waals surface area (Å²) in [5, 5.41) is 8.20. The molecule has 2 atom stereocenters. The zero-order valence-electron chi connectivity index (χ0n) is 37.4. The molecule has 5 heteroatoms. The van der Waals surface area contributed by atoms with Crippen LogP contribution in [-0.4, -0.2) is 24.1 Å². The highest BCUT2D eigenvalue weighted by Crippen LogP contribution is 2.59. The van der Waals surface area contributed by atoms with Crippen LogP contribution in [-0.2, 0) is 24.7 Å². The Morgan fingerprint density at radius 2 is 1.23 bits per heavy atom. The normalized spacial score (nSPS) is 17.9. The molecule has 0 fully saturated rings. The van der Waals surface area contributed by atoms with E-state index < -0.39 is 0 Å². The van der Waals surface area contributed by atoms with Crippen molar-refractivity contribution in [3.8, 4) is 28.7 Å². The van der Waals surface area contributed by atoms with Crippen LogP contribution in [0, 0.1) is 0 Å². The van der Waals surface area contributed by atoms with Gasteiger partial charge in [-0.15, -0.1) is 0 Å². The van der Waals surface area contributed by atoms with Crippen molar-refractivity contribution in [2.45, 2.75) is 63.8 Å². The highest BCUT2D eigenvalue weighted by Gasteiger charge is 2.46. The van der Waals surface area contributed by atoms with E-state index in [-0.39, 0.29) is 11.5 Å². The predicted molar refractivity (Wildman–Crippen MR) is 272 cm³/mol. The number of hydrogen-bond donors (Lipinski definition) is 0. The zero-order valence-corrected chi connectivity index (χ0v) is 37.4. The Kier molecular flexibility index (Phi) is 7.96. The fourth-order valence-electron chi connectivity index (χ4n) is 12.7. The maximum absolute atomic E-state index is 5.22. The van der Waals surface area contributed by atoms with Gasteiger partial charge in [-0.2, -0.15) is 9.97 Å². The number of aromatic nitrogens is 5. The van der Waals surface area contributed by atoms with Gasteiger partial charge in [-0.05, 0) is 111 Å². The molecule has 10 aromatic rings. The van der Waals surface area contributed by atoms with E-state index >= 15 is 0 Å². The molecule has 0 aliphatic heterocycles. The van der Waals surface area contributed by atoms with Crippen LogP contribution in [0.25, 0.3) is 89.8 Å². The molecule has 5 nitrogen and oxygen atoms in total. The van der Waals surface area contributed by atoms with Gasteiger partial charge < -0.3 is 4.57 Å². The van der Waals surface area contributed by atoms with E-state index in [9.17, 15) is 0 Å². The van der Waals surface area contributed by atoms with Gasteiger partial charge in [-0.3, -0.25) is 4.57 Å². The van der Waals surface area contributed by atoms with Crippen molar-refractivity contribution in [1.82, 2.24) is 24.1 Å². The molecule has 4 aliphatic rings. The summed E-state index contributed by atoms with van der Waals surface area (Å²) < 4.78 is 4.98. The van der Waals surface area contributed by atoms with Crippen LogP contribution < -0.4 is 0 Å². The summed E-state index contributed by atoms with van der Waals surface area (Å²) in [7, 11) is 0. The maximum Gasteiger partial charge on any atom is 0.238 e. The van der Waals surface area contributed by atoms with Gasteiger partial charge in [0.1, 0.15) is 0 Å². The van der Waals surface area contributed by atoms with Crippen molar-refractivity contribution in [2.24, 2.45) is 0 Å². The van der Waals surface area contributed by atoms with Crippen molar-refractivity contribution < 1.29 is 0 Å². The minimum Gasteiger partial charge on any atom is -0.333 e. The van der Waals surface area contributed by atoms with Crippen LogP contribution in [0.1, 0.15) is 83.9 Å². The Morgan fingerprint density at radius 1 is 0.591 bits per heavy atom. The first-order valence-electron chi connectivity index (χ1n) is 23.6. The molecule has 0 N–H and O–H groups in total. The number of benzene rings is 7. The Morgan fingerprint density at radius 3 is 1.95 bits per heavy atom. The molecule has 3 aromatic heterocycles. The zero-order chi connectivity index (χ0) is 43.8. The van der Waals surface area contributed by atoms with Crippen LogP contribution in [0.4, 0.5) is 0 Å². The number of rotatable bonds is 4. The highest BCUT2D eigenvalue weighted by molar-refractivity contribution is 6.13. The highest BCUT2D eigenvalue weighted by atomic mass is 15.2. The van der Waals surface area contributed by atoms with Crippen LogP contribution in [0.5, 0.6) is 0 Å². The molecule has 0 radical (unpaired) electrons. The van der Waals surface area contributed by atoms with Crippen LogP contribution in [0.15, 0.2) is 163 Å². The summed E-state index contributed by atoms with van der Waals surface area (Å²) in [4.78, 5) is 15.5. The SMILES string of the molecule is CC1=CCCc2c1n(C1C=Cc3c(c4ccccc4n3-c3nc(-c4ccccc4)nc(-c4ccccc4)n3)C1)c1ccc3c(c21)C(C)(C)C1=Cc2c(c4ccccc4c4ccccc24)CC13. The van der Waals surface area contributed by atoms with Crippen molar-refractivity contribution in [1.29, 1.82) is 0 Å². The number of fused-ring (bicyclic) bond motifs is 16. The van der Waals surface area contributed by atoms with E-state index in [1.165, 1.54) is 82.5 Å². The fourth-order valence-corrected chi connectivity index (χ4v) is 12.7. The van der Waals surface area contributed by atoms with E-state index in [2.05, 4.69) is 163 Å². The standard InChI is InChI=1S/C61H47N5/c1-36-17-16-27-46-55-54(32-30-45-49-34-47-42-24-12-10-22-40(42)41-23-11-13-25-43(41)48(47)35-51(49)61(2,3)56(45)55)65(57(36)46)39-29-31-53-50(33-39)44-26-14-15-28-52(44)66(53)60-63-58(37-18-6-4-7-19-37)62-59(64-60)38-20-8-5-9-21-38/h4-15,17-26,28-32,35,39,49H,16,27,33-34H2,1-3H3. The molecule has 2 unspecified atom stereocenters. The number of nitrogens with zero attached hydrogens (tertiary/aromatic N) is 5. The quantitative estimate of drug-likeness (QED) is 0.166. The molecule has 7 aromatic carbocycles. The largest absolute Gasteiger partial charge is 0.333 e. The molecule has 0 saturated heterocycles. The van der Waals surface area contributed by atoms with Crippen molar-refractivity contribution >= 4 is 61.1 Å². The van der Waals surface area contributed by atoms with Gasteiger partial charge in [0, 0.05) is 44.4 Å². The van der Waals surface area contributed by atoms with Gasteiger partial charge in [0.05, 0.1) is 17.3 Å². The van der Waals surface area contributed by atoms with E-state index in [0.29, 0.717) is 23.5 Å². The van der Waals surface area contributed by atoms with Gasteiger partial charge in [0.25, 0.3) is 0 Å². The third-order valence-corrected chi connectivity index (χ3v) is 15.5.